The summed E-state index contributed by atoms with van der Waals surface area (Å²) in [6.45, 7) is 9.03. The highest BCUT2D eigenvalue weighted by molar-refractivity contribution is 7.18. The summed E-state index contributed by atoms with van der Waals surface area (Å²) in [5, 5.41) is 6.25. The van der Waals surface area contributed by atoms with Crippen LogP contribution >= 0.6 is 11.3 Å². The molecule has 6 heteroatoms. The normalized spacial score (nSPS) is 11.2. The van der Waals surface area contributed by atoms with Crippen molar-refractivity contribution in [2.75, 3.05) is 10.6 Å². The van der Waals surface area contributed by atoms with Gasteiger partial charge in [-0.05, 0) is 49.2 Å². The maximum atomic E-state index is 13.1. The summed E-state index contributed by atoms with van der Waals surface area (Å²) >= 11 is 1.22. The zero-order valence-electron chi connectivity index (χ0n) is 14.4. The molecule has 1 heterocycles. The minimum atomic E-state index is -0.508. The van der Waals surface area contributed by atoms with Crippen molar-refractivity contribution in [2.24, 2.45) is 5.41 Å². The molecule has 0 saturated carbocycles. The minimum Gasteiger partial charge on any atom is -0.321 e. The van der Waals surface area contributed by atoms with Crippen LogP contribution in [0.2, 0.25) is 0 Å². The number of anilines is 2. The Morgan fingerprint density at radius 3 is 2.29 bits per heavy atom. The van der Waals surface area contributed by atoms with Gasteiger partial charge in [0.15, 0.2) is 0 Å². The number of hydrogen-bond acceptors (Lipinski definition) is 3. The highest BCUT2D eigenvalue weighted by Gasteiger charge is 2.23. The lowest BCUT2D eigenvalue weighted by Crippen LogP contribution is -2.27. The molecule has 0 atom stereocenters. The van der Waals surface area contributed by atoms with E-state index in [1.165, 1.54) is 29.5 Å². The molecule has 2 rings (SSSR count). The van der Waals surface area contributed by atoms with Gasteiger partial charge in [0.2, 0.25) is 5.91 Å². The Bertz CT molecular complexity index is 791. The van der Waals surface area contributed by atoms with E-state index in [1.807, 2.05) is 27.7 Å². The second-order valence-electron chi connectivity index (χ2n) is 6.74. The van der Waals surface area contributed by atoms with E-state index in [2.05, 4.69) is 10.6 Å². The number of halogens is 1. The second-order valence-corrected chi connectivity index (χ2v) is 7.79. The molecule has 4 nitrogen and oxygen atoms in total. The van der Waals surface area contributed by atoms with Crippen molar-refractivity contribution in [1.29, 1.82) is 0 Å². The largest absolute Gasteiger partial charge is 0.321 e. The number of carbonyl (C=O) groups excluding carboxylic acids is 2. The Balaban J connectivity index is 2.17. The molecule has 2 aromatic rings. The molecule has 0 bridgehead atoms. The summed E-state index contributed by atoms with van der Waals surface area (Å²) in [6.07, 6.45) is 0. The van der Waals surface area contributed by atoms with Crippen LogP contribution in [0.4, 0.5) is 15.1 Å². The lowest BCUT2D eigenvalue weighted by molar-refractivity contribution is -0.123. The molecule has 24 heavy (non-hydrogen) atoms. The number of amides is 2. The first-order chi connectivity index (χ1) is 11.1. The van der Waals surface area contributed by atoms with Gasteiger partial charge in [0.25, 0.3) is 5.91 Å². The smallest absolute Gasteiger partial charge is 0.266 e. The number of rotatable bonds is 3. The van der Waals surface area contributed by atoms with Gasteiger partial charge >= 0.3 is 0 Å². The summed E-state index contributed by atoms with van der Waals surface area (Å²) in [5.41, 5.74) is 1.49. The van der Waals surface area contributed by atoms with Crippen molar-refractivity contribution in [3.8, 4) is 0 Å². The number of nitrogens with one attached hydrogen (secondary N) is 2. The summed E-state index contributed by atoms with van der Waals surface area (Å²) in [4.78, 5) is 25.0. The predicted molar refractivity (Wildman–Crippen MR) is 96.2 cm³/mol. The summed E-state index contributed by atoms with van der Waals surface area (Å²) < 4.78 is 13.1. The average Bonchev–Trinajstić information content (AvgIpc) is 2.81. The molecule has 2 amide bonds. The van der Waals surface area contributed by atoms with Crippen LogP contribution in [0.5, 0.6) is 0 Å². The maximum absolute atomic E-state index is 13.1. The van der Waals surface area contributed by atoms with Crippen LogP contribution in [-0.4, -0.2) is 11.8 Å². The number of hydrogen-bond donors (Lipinski definition) is 2. The van der Waals surface area contributed by atoms with E-state index in [0.717, 1.165) is 5.56 Å². The van der Waals surface area contributed by atoms with Gasteiger partial charge in [0.1, 0.15) is 5.82 Å². The van der Waals surface area contributed by atoms with Crippen molar-refractivity contribution >= 4 is 33.8 Å². The highest BCUT2D eigenvalue weighted by Crippen LogP contribution is 2.29. The first kappa shape index (κ1) is 18.1. The molecular formula is C18H21FN2O2S. The van der Waals surface area contributed by atoms with E-state index in [9.17, 15) is 14.0 Å². The Labute approximate surface area is 145 Å². The van der Waals surface area contributed by atoms with Crippen molar-refractivity contribution in [2.45, 2.75) is 34.6 Å². The fourth-order valence-corrected chi connectivity index (χ4v) is 2.98. The molecule has 0 aliphatic carbocycles. The molecule has 0 radical (unpaired) electrons. The minimum absolute atomic E-state index is 0.106. The lowest BCUT2D eigenvalue weighted by atomic mass is 9.96. The second kappa shape index (κ2) is 6.73. The SMILES string of the molecule is Cc1cc(F)ccc1NC(=O)c1sc(NC(=O)C(C)(C)C)cc1C. The van der Waals surface area contributed by atoms with Crippen molar-refractivity contribution in [1.82, 2.24) is 0 Å². The molecular weight excluding hydrogens is 327 g/mol. The van der Waals surface area contributed by atoms with Gasteiger partial charge < -0.3 is 10.6 Å². The molecule has 2 N–H and O–H groups in total. The zero-order valence-corrected chi connectivity index (χ0v) is 15.2. The molecule has 0 aliphatic heterocycles. The summed E-state index contributed by atoms with van der Waals surface area (Å²) in [7, 11) is 0. The van der Waals surface area contributed by atoms with Crippen LogP contribution in [0, 0.1) is 25.1 Å². The molecule has 0 aliphatic rings. The van der Waals surface area contributed by atoms with Gasteiger partial charge in [0, 0.05) is 11.1 Å². The van der Waals surface area contributed by atoms with Gasteiger partial charge in [0.05, 0.1) is 9.88 Å². The first-order valence-corrected chi connectivity index (χ1v) is 8.39. The number of benzene rings is 1. The predicted octanol–water partition coefficient (Wildman–Crippen LogP) is 4.74. The monoisotopic (exact) mass is 348 g/mol. The third kappa shape index (κ3) is 4.20. The molecule has 0 fully saturated rings. The number of thiophene rings is 1. The lowest BCUT2D eigenvalue weighted by Gasteiger charge is -2.16. The Kier molecular flexibility index (Phi) is 5.08. The van der Waals surface area contributed by atoms with E-state index < -0.39 is 5.41 Å². The van der Waals surface area contributed by atoms with Crippen LogP contribution in [0.1, 0.15) is 41.6 Å². The standard InChI is InChI=1S/C18H21FN2O2S/c1-10-8-12(19)6-7-13(10)20-16(22)15-11(2)9-14(24-15)21-17(23)18(3,4)5/h6-9H,1-5H3,(H,20,22)(H,21,23). The van der Waals surface area contributed by atoms with Gasteiger partial charge in [-0.1, -0.05) is 20.8 Å². The van der Waals surface area contributed by atoms with Gasteiger partial charge in [-0.15, -0.1) is 11.3 Å². The topological polar surface area (TPSA) is 58.2 Å². The van der Waals surface area contributed by atoms with Gasteiger partial charge in [-0.25, -0.2) is 4.39 Å². The van der Waals surface area contributed by atoms with Crippen molar-refractivity contribution in [3.63, 3.8) is 0 Å². The molecule has 128 valence electrons. The molecule has 1 aromatic carbocycles. The van der Waals surface area contributed by atoms with E-state index in [1.54, 1.807) is 13.0 Å². The molecule has 0 saturated heterocycles. The van der Waals surface area contributed by atoms with E-state index in [4.69, 9.17) is 0 Å². The van der Waals surface area contributed by atoms with Gasteiger partial charge in [-0.3, -0.25) is 9.59 Å². The van der Waals surface area contributed by atoms with Crippen molar-refractivity contribution < 1.29 is 14.0 Å². The van der Waals surface area contributed by atoms with Crippen LogP contribution in [0.25, 0.3) is 0 Å². The highest BCUT2D eigenvalue weighted by atomic mass is 32.1. The number of aryl methyl sites for hydroxylation is 2. The van der Waals surface area contributed by atoms with Crippen LogP contribution in [0.3, 0.4) is 0 Å². The van der Waals surface area contributed by atoms with Crippen LogP contribution in [0.15, 0.2) is 24.3 Å². The third-order valence-electron chi connectivity index (χ3n) is 3.48. The van der Waals surface area contributed by atoms with E-state index in [0.29, 0.717) is 21.1 Å². The molecule has 0 unspecified atom stereocenters. The quantitative estimate of drug-likeness (QED) is 0.841. The fourth-order valence-electron chi connectivity index (χ4n) is 2.01. The fraction of sp³-hybridized carbons (Fsp3) is 0.333. The summed E-state index contributed by atoms with van der Waals surface area (Å²) in [5.74, 6) is -0.724. The van der Waals surface area contributed by atoms with Crippen LogP contribution < -0.4 is 10.6 Å². The Morgan fingerprint density at radius 2 is 1.71 bits per heavy atom. The van der Waals surface area contributed by atoms with Crippen LogP contribution in [-0.2, 0) is 4.79 Å². The van der Waals surface area contributed by atoms with Gasteiger partial charge in [-0.2, -0.15) is 0 Å². The average molecular weight is 348 g/mol. The Morgan fingerprint density at radius 1 is 1.04 bits per heavy atom. The van der Waals surface area contributed by atoms with Crippen molar-refractivity contribution in [3.05, 3.63) is 46.1 Å². The first-order valence-electron chi connectivity index (χ1n) is 7.57. The zero-order chi connectivity index (χ0) is 18.1. The third-order valence-corrected chi connectivity index (χ3v) is 4.63. The van der Waals surface area contributed by atoms with E-state index in [-0.39, 0.29) is 17.6 Å². The number of carbonyl (C=O) groups is 2. The summed E-state index contributed by atoms with van der Waals surface area (Å²) in [6, 6.07) is 5.99. The molecule has 0 spiro atoms. The van der Waals surface area contributed by atoms with E-state index >= 15 is 0 Å². The molecule has 1 aromatic heterocycles. The maximum Gasteiger partial charge on any atom is 0.266 e. The Hall–Kier alpha value is -2.21.